The topological polar surface area (TPSA) is 99.8 Å². The van der Waals surface area contributed by atoms with E-state index in [1.807, 2.05) is 0 Å². The molecular weight excluding hydrogens is 436 g/mol. The number of ether oxygens (including phenoxy) is 2. The largest absolute Gasteiger partial charge is 0.493 e. The molecule has 0 saturated heterocycles. The van der Waals surface area contributed by atoms with Crippen molar-refractivity contribution in [3.05, 3.63) is 99.2 Å². The van der Waals surface area contributed by atoms with Gasteiger partial charge in [-0.1, -0.05) is 30.3 Å². The molecule has 0 radical (unpaired) electrons. The van der Waals surface area contributed by atoms with Crippen LogP contribution in [0.5, 0.6) is 11.5 Å². The maximum absolute atomic E-state index is 13.3. The number of carbonyl (C=O) groups is 1. The van der Waals surface area contributed by atoms with Gasteiger partial charge in [-0.15, -0.1) is 0 Å². The molecular formula is C26H24N2O6. The molecule has 34 heavy (non-hydrogen) atoms. The van der Waals surface area contributed by atoms with Crippen molar-refractivity contribution in [3.8, 4) is 17.2 Å². The van der Waals surface area contributed by atoms with E-state index >= 15 is 0 Å². The number of nitrogens with zero attached hydrogens (tertiary/aromatic N) is 2. The van der Waals surface area contributed by atoms with Gasteiger partial charge in [0, 0.05) is 5.56 Å². The van der Waals surface area contributed by atoms with Gasteiger partial charge in [-0.3, -0.25) is 14.2 Å². The highest BCUT2D eigenvalue weighted by Gasteiger charge is 2.18. The Bertz CT molecular complexity index is 1460. The second-order valence-corrected chi connectivity index (χ2v) is 7.77. The molecule has 1 heterocycles. The molecule has 1 aromatic heterocycles. The number of carbonyl (C=O) groups excluding carboxylic acids is 1. The van der Waals surface area contributed by atoms with E-state index in [0.29, 0.717) is 33.7 Å². The van der Waals surface area contributed by atoms with Crippen LogP contribution < -0.4 is 20.7 Å². The number of hydrogen-bond donors (Lipinski definition) is 1. The third-order valence-corrected chi connectivity index (χ3v) is 5.46. The number of fused-ring (bicyclic) bond motifs is 1. The van der Waals surface area contributed by atoms with Gasteiger partial charge in [0.2, 0.25) is 0 Å². The fraction of sp³-hybridized carbons (Fsp3) is 0.192. The summed E-state index contributed by atoms with van der Waals surface area (Å²) >= 11 is 0. The Labute approximate surface area is 195 Å². The molecule has 1 atom stereocenters. The summed E-state index contributed by atoms with van der Waals surface area (Å²) in [6.45, 7) is 1.22. The minimum atomic E-state index is -1.07. The summed E-state index contributed by atoms with van der Waals surface area (Å²) in [5.74, 6) is 0.614. The van der Waals surface area contributed by atoms with Crippen LogP contribution in [0.15, 0.2) is 82.4 Å². The zero-order valence-electron chi connectivity index (χ0n) is 18.8. The van der Waals surface area contributed by atoms with Crippen molar-refractivity contribution in [2.45, 2.75) is 19.6 Å². The van der Waals surface area contributed by atoms with Crippen molar-refractivity contribution in [2.24, 2.45) is 0 Å². The molecule has 0 aliphatic heterocycles. The summed E-state index contributed by atoms with van der Waals surface area (Å²) in [5, 5.41) is 11.1. The minimum Gasteiger partial charge on any atom is -0.493 e. The summed E-state index contributed by atoms with van der Waals surface area (Å²) in [7, 11) is 1.46. The number of para-hydroxylation sites is 2. The van der Waals surface area contributed by atoms with E-state index in [0.717, 1.165) is 4.57 Å². The Morgan fingerprint density at radius 2 is 1.68 bits per heavy atom. The predicted molar refractivity (Wildman–Crippen MR) is 128 cm³/mol. The average molecular weight is 460 g/mol. The number of benzene rings is 3. The smallest absolute Gasteiger partial charge is 0.336 e. The number of methoxy groups -OCH3 is 1. The highest BCUT2D eigenvalue weighted by molar-refractivity contribution is 5.94. The second-order valence-electron chi connectivity index (χ2n) is 7.77. The number of aliphatic hydroxyl groups is 1. The van der Waals surface area contributed by atoms with Crippen LogP contribution in [-0.2, 0) is 6.54 Å². The van der Waals surface area contributed by atoms with E-state index in [-0.39, 0.29) is 18.9 Å². The number of hydrogen-bond acceptors (Lipinski definition) is 6. The highest BCUT2D eigenvalue weighted by atomic mass is 16.5. The first-order chi connectivity index (χ1) is 16.4. The Hall–Kier alpha value is -4.17. The standard InChI is InChI=1S/C26H24N2O6/c1-17(29)18-12-13-23(24(14-18)33-2)34-16-20(30)15-27-22-11-7-6-10-21(22)25(31)28(26(27)32)19-8-4-3-5-9-19/h3-14,20,30H,15-16H2,1-2H3. The van der Waals surface area contributed by atoms with Gasteiger partial charge in [0.1, 0.15) is 12.7 Å². The normalized spacial score (nSPS) is 11.9. The van der Waals surface area contributed by atoms with Crippen LogP contribution in [0, 0.1) is 0 Å². The fourth-order valence-electron chi connectivity index (χ4n) is 3.76. The Kier molecular flexibility index (Phi) is 6.60. The van der Waals surface area contributed by atoms with Crippen LogP contribution in [0.25, 0.3) is 16.6 Å². The lowest BCUT2D eigenvalue weighted by atomic mass is 10.1. The molecule has 8 nitrogen and oxygen atoms in total. The van der Waals surface area contributed by atoms with Crippen molar-refractivity contribution in [2.75, 3.05) is 13.7 Å². The molecule has 0 aliphatic carbocycles. The van der Waals surface area contributed by atoms with Gasteiger partial charge in [-0.05, 0) is 49.4 Å². The maximum Gasteiger partial charge on any atom is 0.336 e. The summed E-state index contributed by atoms with van der Waals surface area (Å²) in [5.41, 5.74) is 0.359. The monoisotopic (exact) mass is 460 g/mol. The SMILES string of the molecule is COc1cc(C(C)=O)ccc1OCC(O)Cn1c(=O)n(-c2ccccc2)c(=O)c2ccccc21. The zero-order chi connectivity index (χ0) is 24.2. The molecule has 4 rings (SSSR count). The van der Waals surface area contributed by atoms with E-state index < -0.39 is 17.4 Å². The maximum atomic E-state index is 13.3. The molecule has 4 aromatic rings. The molecule has 0 amide bonds. The first kappa shape index (κ1) is 23.0. The Morgan fingerprint density at radius 3 is 2.38 bits per heavy atom. The molecule has 0 spiro atoms. The van der Waals surface area contributed by atoms with Gasteiger partial charge in [-0.25, -0.2) is 9.36 Å². The van der Waals surface area contributed by atoms with Crippen LogP contribution in [-0.4, -0.2) is 39.8 Å². The van der Waals surface area contributed by atoms with Crippen LogP contribution in [0.3, 0.4) is 0 Å². The zero-order valence-corrected chi connectivity index (χ0v) is 18.8. The number of aliphatic hydroxyl groups excluding tert-OH is 1. The molecule has 3 aromatic carbocycles. The molecule has 0 saturated carbocycles. The molecule has 8 heteroatoms. The number of Topliss-reactive ketones (excluding diaryl/α,β-unsaturated/α-hetero) is 1. The first-order valence-corrected chi connectivity index (χ1v) is 10.7. The van der Waals surface area contributed by atoms with Gasteiger partial charge >= 0.3 is 5.69 Å². The van der Waals surface area contributed by atoms with Crippen LogP contribution >= 0.6 is 0 Å². The van der Waals surface area contributed by atoms with E-state index in [1.54, 1.807) is 72.8 Å². The summed E-state index contributed by atoms with van der Waals surface area (Å²) in [4.78, 5) is 38.0. The lowest BCUT2D eigenvalue weighted by molar-refractivity contribution is 0.0905. The third-order valence-electron chi connectivity index (χ3n) is 5.46. The van der Waals surface area contributed by atoms with E-state index in [4.69, 9.17) is 9.47 Å². The molecule has 1 unspecified atom stereocenters. The van der Waals surface area contributed by atoms with Crippen molar-refractivity contribution >= 4 is 16.7 Å². The lowest BCUT2D eigenvalue weighted by Crippen LogP contribution is -2.41. The highest BCUT2D eigenvalue weighted by Crippen LogP contribution is 2.28. The van der Waals surface area contributed by atoms with Gasteiger partial charge < -0.3 is 14.6 Å². The fourth-order valence-corrected chi connectivity index (χ4v) is 3.76. The average Bonchev–Trinajstić information content (AvgIpc) is 2.86. The second kappa shape index (κ2) is 9.76. The molecule has 0 bridgehead atoms. The molecule has 0 aliphatic rings. The minimum absolute atomic E-state index is 0.0969. The summed E-state index contributed by atoms with van der Waals surface area (Å²) < 4.78 is 13.5. The van der Waals surface area contributed by atoms with Gasteiger partial charge in [0.25, 0.3) is 5.56 Å². The lowest BCUT2D eigenvalue weighted by Gasteiger charge is -2.18. The summed E-state index contributed by atoms with van der Waals surface area (Å²) in [6.07, 6.45) is -1.07. The van der Waals surface area contributed by atoms with Crippen LogP contribution in [0.2, 0.25) is 0 Å². The predicted octanol–water partition coefficient (Wildman–Crippen LogP) is 2.80. The summed E-state index contributed by atoms with van der Waals surface area (Å²) in [6, 6.07) is 20.2. The Balaban J connectivity index is 1.65. The van der Waals surface area contributed by atoms with Crippen molar-refractivity contribution < 1.29 is 19.4 Å². The number of rotatable bonds is 8. The van der Waals surface area contributed by atoms with Crippen LogP contribution in [0.1, 0.15) is 17.3 Å². The Morgan fingerprint density at radius 1 is 0.971 bits per heavy atom. The van der Waals surface area contributed by atoms with Gasteiger partial charge in [0.05, 0.1) is 30.2 Å². The van der Waals surface area contributed by atoms with E-state index in [2.05, 4.69) is 0 Å². The number of ketones is 1. The molecule has 174 valence electrons. The number of aromatic nitrogens is 2. The van der Waals surface area contributed by atoms with Gasteiger partial charge in [0.15, 0.2) is 17.3 Å². The molecule has 1 N–H and O–H groups in total. The first-order valence-electron chi connectivity index (χ1n) is 10.7. The van der Waals surface area contributed by atoms with Crippen molar-refractivity contribution in [1.29, 1.82) is 0 Å². The van der Waals surface area contributed by atoms with E-state index in [9.17, 15) is 19.5 Å². The third kappa shape index (κ3) is 4.49. The quantitative estimate of drug-likeness (QED) is 0.406. The van der Waals surface area contributed by atoms with Crippen molar-refractivity contribution in [3.63, 3.8) is 0 Å². The van der Waals surface area contributed by atoms with Crippen molar-refractivity contribution in [1.82, 2.24) is 9.13 Å². The van der Waals surface area contributed by atoms with Gasteiger partial charge in [-0.2, -0.15) is 0 Å². The molecule has 0 fully saturated rings. The van der Waals surface area contributed by atoms with Crippen LogP contribution in [0.4, 0.5) is 0 Å². The van der Waals surface area contributed by atoms with E-state index in [1.165, 1.54) is 18.6 Å².